The van der Waals surface area contributed by atoms with Crippen molar-refractivity contribution < 1.29 is 4.74 Å². The summed E-state index contributed by atoms with van der Waals surface area (Å²) < 4.78 is 5.86. The van der Waals surface area contributed by atoms with Crippen molar-refractivity contribution in [2.45, 2.75) is 26.3 Å². The van der Waals surface area contributed by atoms with Crippen molar-refractivity contribution in [2.24, 2.45) is 0 Å². The van der Waals surface area contributed by atoms with E-state index in [9.17, 15) is 0 Å². The highest BCUT2D eigenvalue weighted by molar-refractivity contribution is 5.41. The van der Waals surface area contributed by atoms with Crippen LogP contribution in [0.2, 0.25) is 0 Å². The van der Waals surface area contributed by atoms with E-state index in [0.717, 1.165) is 35.5 Å². The Balaban J connectivity index is 2.36. The molecule has 0 bridgehead atoms. The normalized spacial score (nSPS) is 12.2. The summed E-state index contributed by atoms with van der Waals surface area (Å²) in [4.78, 5) is 4.29. The van der Waals surface area contributed by atoms with Crippen LogP contribution < -0.4 is 10.1 Å². The van der Waals surface area contributed by atoms with Crippen LogP contribution in [0.25, 0.3) is 0 Å². The highest BCUT2D eigenvalue weighted by Crippen LogP contribution is 2.29. The molecule has 0 amide bonds. The Hall–Kier alpha value is -1.87. The third kappa shape index (κ3) is 3.36. The van der Waals surface area contributed by atoms with Crippen LogP contribution in [0.5, 0.6) is 5.75 Å². The number of pyridine rings is 1. The molecule has 1 heterocycles. The topological polar surface area (TPSA) is 34.1 Å². The first-order chi connectivity index (χ1) is 9.76. The van der Waals surface area contributed by atoms with E-state index < -0.39 is 0 Å². The smallest absolute Gasteiger partial charge is 0.124 e. The van der Waals surface area contributed by atoms with Crippen molar-refractivity contribution in [2.75, 3.05) is 13.7 Å². The molecular formula is C17H22N2O. The molecule has 1 aromatic heterocycles. The zero-order valence-electron chi connectivity index (χ0n) is 12.4. The zero-order chi connectivity index (χ0) is 14.4. The molecule has 0 radical (unpaired) electrons. The lowest BCUT2D eigenvalue weighted by molar-refractivity contribution is 0.312. The van der Waals surface area contributed by atoms with Crippen LogP contribution in [0.4, 0.5) is 0 Å². The minimum absolute atomic E-state index is 0.0930. The molecule has 2 rings (SSSR count). The van der Waals surface area contributed by atoms with Gasteiger partial charge in [-0.25, -0.2) is 0 Å². The number of nitrogens with zero attached hydrogens (tertiary/aromatic N) is 1. The van der Waals surface area contributed by atoms with Crippen LogP contribution in [0.3, 0.4) is 0 Å². The van der Waals surface area contributed by atoms with E-state index in [2.05, 4.69) is 36.3 Å². The summed E-state index contributed by atoms with van der Waals surface area (Å²) in [5.41, 5.74) is 3.46. The molecule has 2 aromatic rings. The largest absolute Gasteiger partial charge is 0.493 e. The fourth-order valence-electron chi connectivity index (χ4n) is 2.30. The quantitative estimate of drug-likeness (QED) is 0.872. The SMILES string of the molecule is CCCOc1ccccc1C(NC)c1cncc(C)c1. The molecule has 3 nitrogen and oxygen atoms in total. The van der Waals surface area contributed by atoms with Crippen LogP contribution in [0.1, 0.15) is 36.1 Å². The Kier molecular flexibility index (Phi) is 5.13. The van der Waals surface area contributed by atoms with Crippen molar-refractivity contribution >= 4 is 0 Å². The maximum Gasteiger partial charge on any atom is 0.124 e. The molecule has 0 aliphatic rings. The van der Waals surface area contributed by atoms with Crippen LogP contribution in [-0.2, 0) is 0 Å². The Bertz CT molecular complexity index is 554. The number of nitrogens with one attached hydrogen (secondary N) is 1. The van der Waals surface area contributed by atoms with E-state index in [4.69, 9.17) is 4.74 Å². The lowest BCUT2D eigenvalue weighted by Gasteiger charge is -2.20. The predicted molar refractivity (Wildman–Crippen MR) is 82.1 cm³/mol. The molecule has 0 fully saturated rings. The highest BCUT2D eigenvalue weighted by Gasteiger charge is 2.16. The van der Waals surface area contributed by atoms with Gasteiger partial charge in [-0.05, 0) is 37.6 Å². The van der Waals surface area contributed by atoms with E-state index in [1.165, 1.54) is 0 Å². The number of rotatable bonds is 6. The number of ether oxygens (including phenoxy) is 1. The molecule has 0 aliphatic carbocycles. The predicted octanol–water partition coefficient (Wildman–Crippen LogP) is 3.49. The molecule has 0 saturated carbocycles. The van der Waals surface area contributed by atoms with E-state index in [0.29, 0.717) is 0 Å². The van der Waals surface area contributed by atoms with Gasteiger partial charge in [-0.2, -0.15) is 0 Å². The number of aromatic nitrogens is 1. The monoisotopic (exact) mass is 270 g/mol. The number of hydrogen-bond acceptors (Lipinski definition) is 3. The Labute approximate surface area is 121 Å². The van der Waals surface area contributed by atoms with Crippen LogP contribution in [0, 0.1) is 6.92 Å². The number of benzene rings is 1. The molecule has 20 heavy (non-hydrogen) atoms. The van der Waals surface area contributed by atoms with Crippen LogP contribution in [0.15, 0.2) is 42.7 Å². The summed E-state index contributed by atoms with van der Waals surface area (Å²) in [5.74, 6) is 0.940. The van der Waals surface area contributed by atoms with Gasteiger partial charge in [-0.15, -0.1) is 0 Å². The first kappa shape index (κ1) is 14.5. The maximum atomic E-state index is 5.86. The first-order valence-electron chi connectivity index (χ1n) is 7.06. The van der Waals surface area contributed by atoms with Gasteiger partial charge in [0.15, 0.2) is 0 Å². The minimum Gasteiger partial charge on any atom is -0.493 e. The van der Waals surface area contributed by atoms with Gasteiger partial charge in [0.2, 0.25) is 0 Å². The molecule has 0 aliphatic heterocycles. The third-order valence-electron chi connectivity index (χ3n) is 3.21. The van der Waals surface area contributed by atoms with Gasteiger partial charge < -0.3 is 10.1 Å². The lowest BCUT2D eigenvalue weighted by atomic mass is 9.98. The summed E-state index contributed by atoms with van der Waals surface area (Å²) in [5, 5.41) is 3.36. The van der Waals surface area contributed by atoms with Crippen molar-refractivity contribution in [3.8, 4) is 5.75 Å². The van der Waals surface area contributed by atoms with E-state index >= 15 is 0 Å². The standard InChI is InChI=1S/C17H22N2O/c1-4-9-20-16-8-6-5-7-15(16)17(18-3)14-10-13(2)11-19-12-14/h5-8,10-12,17-18H,4,9H2,1-3H3. The summed E-state index contributed by atoms with van der Waals surface area (Å²) in [6.45, 7) is 4.91. The molecule has 0 saturated heterocycles. The van der Waals surface area contributed by atoms with E-state index in [1.54, 1.807) is 0 Å². The average Bonchev–Trinajstić information content (AvgIpc) is 2.47. The first-order valence-corrected chi connectivity index (χ1v) is 7.06. The second-order valence-electron chi connectivity index (χ2n) is 4.90. The molecule has 0 spiro atoms. The van der Waals surface area contributed by atoms with E-state index in [-0.39, 0.29) is 6.04 Å². The van der Waals surface area contributed by atoms with Crippen LogP contribution >= 0.6 is 0 Å². The van der Waals surface area contributed by atoms with Gasteiger partial charge in [0, 0.05) is 18.0 Å². The lowest BCUT2D eigenvalue weighted by Crippen LogP contribution is -2.19. The second kappa shape index (κ2) is 7.06. The van der Waals surface area contributed by atoms with Gasteiger partial charge in [0.05, 0.1) is 12.6 Å². The van der Waals surface area contributed by atoms with Gasteiger partial charge in [0.25, 0.3) is 0 Å². The Morgan fingerprint density at radius 3 is 2.75 bits per heavy atom. The molecule has 1 aromatic carbocycles. The molecule has 3 heteroatoms. The molecule has 1 unspecified atom stereocenters. The second-order valence-corrected chi connectivity index (χ2v) is 4.90. The Morgan fingerprint density at radius 1 is 1.25 bits per heavy atom. The number of aryl methyl sites for hydroxylation is 1. The van der Waals surface area contributed by atoms with E-state index in [1.807, 2.05) is 37.6 Å². The molecule has 106 valence electrons. The third-order valence-corrected chi connectivity index (χ3v) is 3.21. The summed E-state index contributed by atoms with van der Waals surface area (Å²) in [7, 11) is 1.96. The van der Waals surface area contributed by atoms with Gasteiger partial charge >= 0.3 is 0 Å². The zero-order valence-corrected chi connectivity index (χ0v) is 12.4. The number of hydrogen-bond donors (Lipinski definition) is 1. The fourth-order valence-corrected chi connectivity index (χ4v) is 2.30. The van der Waals surface area contributed by atoms with Crippen molar-refractivity contribution in [1.29, 1.82) is 0 Å². The van der Waals surface area contributed by atoms with Gasteiger partial charge in [0.1, 0.15) is 5.75 Å². The van der Waals surface area contributed by atoms with Crippen molar-refractivity contribution in [3.05, 3.63) is 59.4 Å². The average molecular weight is 270 g/mol. The summed E-state index contributed by atoms with van der Waals surface area (Å²) in [6, 6.07) is 10.4. The van der Waals surface area contributed by atoms with Gasteiger partial charge in [-0.1, -0.05) is 31.2 Å². The fraction of sp³-hybridized carbons (Fsp3) is 0.353. The number of para-hydroxylation sites is 1. The van der Waals surface area contributed by atoms with Crippen molar-refractivity contribution in [1.82, 2.24) is 10.3 Å². The van der Waals surface area contributed by atoms with Crippen LogP contribution in [-0.4, -0.2) is 18.6 Å². The molecule has 1 N–H and O–H groups in total. The summed E-state index contributed by atoms with van der Waals surface area (Å²) in [6.07, 6.45) is 4.78. The molecule has 1 atom stereocenters. The highest BCUT2D eigenvalue weighted by atomic mass is 16.5. The van der Waals surface area contributed by atoms with Gasteiger partial charge in [-0.3, -0.25) is 4.98 Å². The molecular weight excluding hydrogens is 248 g/mol. The Morgan fingerprint density at radius 2 is 2.05 bits per heavy atom. The minimum atomic E-state index is 0.0930. The van der Waals surface area contributed by atoms with Crippen molar-refractivity contribution in [3.63, 3.8) is 0 Å². The summed E-state index contributed by atoms with van der Waals surface area (Å²) >= 11 is 0. The maximum absolute atomic E-state index is 5.86.